The summed E-state index contributed by atoms with van der Waals surface area (Å²) >= 11 is 0. The molecule has 0 aliphatic heterocycles. The third-order valence-corrected chi connectivity index (χ3v) is 3.38. The number of hydrogen-bond donors (Lipinski definition) is 1. The highest BCUT2D eigenvalue weighted by molar-refractivity contribution is 5.69. The van der Waals surface area contributed by atoms with E-state index in [9.17, 15) is 9.59 Å². The van der Waals surface area contributed by atoms with Gasteiger partial charge < -0.3 is 14.6 Å². The van der Waals surface area contributed by atoms with E-state index in [1.54, 1.807) is 0 Å². The molecule has 0 aromatic carbocycles. The van der Waals surface area contributed by atoms with Gasteiger partial charge in [-0.15, -0.1) is 0 Å². The number of aliphatic hydroxyl groups excluding tert-OH is 1. The molecule has 130 valence electrons. The number of carbonyl (C=O) groups excluding carboxylic acids is 2. The number of carbonyl (C=O) groups is 2. The predicted molar refractivity (Wildman–Crippen MR) is 85.5 cm³/mol. The molecule has 0 fully saturated rings. The second-order valence-corrected chi connectivity index (χ2v) is 5.49. The van der Waals surface area contributed by atoms with Crippen LogP contribution in [-0.2, 0) is 19.1 Å². The Bertz CT molecular complexity index is 278. The SMILES string of the molecule is CCCCCCOC(=O)CCCCCCCC(=O)OCCO. The van der Waals surface area contributed by atoms with Gasteiger partial charge in [0.15, 0.2) is 0 Å². The van der Waals surface area contributed by atoms with Crippen LogP contribution in [0.1, 0.15) is 77.6 Å². The normalized spacial score (nSPS) is 10.5. The highest BCUT2D eigenvalue weighted by Gasteiger charge is 2.04. The minimum Gasteiger partial charge on any atom is -0.466 e. The molecule has 0 aliphatic rings. The zero-order chi connectivity index (χ0) is 16.5. The Hall–Kier alpha value is -1.10. The van der Waals surface area contributed by atoms with Gasteiger partial charge in [-0.1, -0.05) is 45.4 Å². The van der Waals surface area contributed by atoms with Gasteiger partial charge in [-0.25, -0.2) is 0 Å². The minimum atomic E-state index is -0.249. The van der Waals surface area contributed by atoms with E-state index in [2.05, 4.69) is 6.92 Å². The summed E-state index contributed by atoms with van der Waals surface area (Å²) in [5, 5.41) is 8.51. The number of ether oxygens (including phenoxy) is 2. The van der Waals surface area contributed by atoms with Gasteiger partial charge in [-0.05, 0) is 19.3 Å². The molecule has 0 heterocycles. The Kier molecular flexibility index (Phi) is 15.5. The lowest BCUT2D eigenvalue weighted by Gasteiger charge is -2.05. The molecule has 0 spiro atoms. The zero-order valence-electron chi connectivity index (χ0n) is 14.0. The number of unbranched alkanes of at least 4 members (excludes halogenated alkanes) is 7. The average molecular weight is 316 g/mol. The molecule has 1 N–H and O–H groups in total. The number of hydrogen-bond acceptors (Lipinski definition) is 5. The van der Waals surface area contributed by atoms with E-state index in [1.807, 2.05) is 0 Å². The van der Waals surface area contributed by atoms with Crippen molar-refractivity contribution in [2.24, 2.45) is 0 Å². The fourth-order valence-electron chi connectivity index (χ4n) is 2.09. The zero-order valence-corrected chi connectivity index (χ0v) is 14.0. The molecule has 0 saturated carbocycles. The van der Waals surface area contributed by atoms with Gasteiger partial charge in [-0.3, -0.25) is 9.59 Å². The molecule has 0 aromatic rings. The molecule has 0 rings (SSSR count). The number of esters is 2. The van der Waals surface area contributed by atoms with Gasteiger partial charge in [0, 0.05) is 12.8 Å². The average Bonchev–Trinajstić information content (AvgIpc) is 2.51. The van der Waals surface area contributed by atoms with Gasteiger partial charge in [0.2, 0.25) is 0 Å². The first kappa shape index (κ1) is 20.9. The maximum absolute atomic E-state index is 11.5. The Morgan fingerprint density at radius 1 is 0.727 bits per heavy atom. The molecular formula is C17H32O5. The van der Waals surface area contributed by atoms with E-state index in [0.717, 1.165) is 44.9 Å². The number of aliphatic hydroxyl groups is 1. The van der Waals surface area contributed by atoms with Gasteiger partial charge in [-0.2, -0.15) is 0 Å². The molecule has 5 heteroatoms. The van der Waals surface area contributed by atoms with Crippen molar-refractivity contribution in [1.82, 2.24) is 0 Å². The van der Waals surface area contributed by atoms with Crippen LogP contribution in [0, 0.1) is 0 Å². The van der Waals surface area contributed by atoms with Crippen LogP contribution in [0.2, 0.25) is 0 Å². The quantitative estimate of drug-likeness (QED) is 0.370. The van der Waals surface area contributed by atoms with Gasteiger partial charge in [0.1, 0.15) is 6.61 Å². The second-order valence-electron chi connectivity index (χ2n) is 5.49. The van der Waals surface area contributed by atoms with E-state index in [0.29, 0.717) is 19.4 Å². The third-order valence-electron chi connectivity index (χ3n) is 3.38. The molecule has 0 radical (unpaired) electrons. The van der Waals surface area contributed by atoms with Gasteiger partial charge in [0.05, 0.1) is 13.2 Å². The summed E-state index contributed by atoms with van der Waals surface area (Å²) in [4.78, 5) is 22.6. The summed E-state index contributed by atoms with van der Waals surface area (Å²) in [6.45, 7) is 2.67. The van der Waals surface area contributed by atoms with Gasteiger partial charge in [0.25, 0.3) is 0 Å². The smallest absolute Gasteiger partial charge is 0.305 e. The summed E-state index contributed by atoms with van der Waals surface area (Å²) in [6.07, 6.45) is 9.98. The van der Waals surface area contributed by atoms with Crippen LogP contribution < -0.4 is 0 Å². The first-order valence-electron chi connectivity index (χ1n) is 8.62. The van der Waals surface area contributed by atoms with Crippen LogP contribution in [0.15, 0.2) is 0 Å². The van der Waals surface area contributed by atoms with E-state index in [4.69, 9.17) is 14.6 Å². The van der Waals surface area contributed by atoms with Crippen molar-refractivity contribution in [2.75, 3.05) is 19.8 Å². The summed E-state index contributed by atoms with van der Waals surface area (Å²) in [6, 6.07) is 0. The molecule has 0 aliphatic carbocycles. The highest BCUT2D eigenvalue weighted by Crippen LogP contribution is 2.09. The Morgan fingerprint density at radius 2 is 1.23 bits per heavy atom. The first-order valence-corrected chi connectivity index (χ1v) is 8.62. The lowest BCUT2D eigenvalue weighted by molar-refractivity contribution is -0.145. The fraction of sp³-hybridized carbons (Fsp3) is 0.882. The monoisotopic (exact) mass is 316 g/mol. The Balaban J connectivity index is 3.24. The largest absolute Gasteiger partial charge is 0.466 e. The van der Waals surface area contributed by atoms with Crippen LogP contribution in [0.25, 0.3) is 0 Å². The summed E-state index contributed by atoms with van der Waals surface area (Å²) < 4.78 is 9.93. The summed E-state index contributed by atoms with van der Waals surface area (Å²) in [5.74, 6) is -0.343. The third kappa shape index (κ3) is 15.3. The fourth-order valence-corrected chi connectivity index (χ4v) is 2.09. The molecule has 5 nitrogen and oxygen atoms in total. The molecule has 0 saturated heterocycles. The minimum absolute atomic E-state index is 0.0827. The molecule has 0 aromatic heterocycles. The van der Waals surface area contributed by atoms with E-state index >= 15 is 0 Å². The lowest BCUT2D eigenvalue weighted by Crippen LogP contribution is -2.07. The van der Waals surface area contributed by atoms with Crippen molar-refractivity contribution in [1.29, 1.82) is 0 Å². The standard InChI is InChI=1S/C17H32O5/c1-2-3-4-10-14-21-16(19)11-8-6-5-7-9-12-17(20)22-15-13-18/h18H,2-15H2,1H3. The van der Waals surface area contributed by atoms with Crippen LogP contribution in [0.5, 0.6) is 0 Å². The highest BCUT2D eigenvalue weighted by atomic mass is 16.5. The van der Waals surface area contributed by atoms with Crippen molar-refractivity contribution in [3.63, 3.8) is 0 Å². The Morgan fingerprint density at radius 3 is 1.77 bits per heavy atom. The van der Waals surface area contributed by atoms with Crippen LogP contribution in [-0.4, -0.2) is 36.9 Å². The second kappa shape index (κ2) is 16.3. The van der Waals surface area contributed by atoms with E-state index < -0.39 is 0 Å². The van der Waals surface area contributed by atoms with Gasteiger partial charge >= 0.3 is 11.9 Å². The van der Waals surface area contributed by atoms with Crippen molar-refractivity contribution < 1.29 is 24.2 Å². The number of rotatable bonds is 15. The topological polar surface area (TPSA) is 72.8 Å². The molecular weight excluding hydrogens is 284 g/mol. The molecule has 0 unspecified atom stereocenters. The van der Waals surface area contributed by atoms with Crippen LogP contribution >= 0.6 is 0 Å². The maximum atomic E-state index is 11.5. The lowest BCUT2D eigenvalue weighted by atomic mass is 10.1. The first-order chi connectivity index (χ1) is 10.7. The summed E-state index contributed by atoms with van der Waals surface area (Å²) in [7, 11) is 0. The van der Waals surface area contributed by atoms with Crippen molar-refractivity contribution in [3.05, 3.63) is 0 Å². The molecule has 22 heavy (non-hydrogen) atoms. The molecule has 0 bridgehead atoms. The van der Waals surface area contributed by atoms with Crippen LogP contribution in [0.3, 0.4) is 0 Å². The van der Waals surface area contributed by atoms with Crippen LogP contribution in [0.4, 0.5) is 0 Å². The molecule has 0 amide bonds. The molecule has 0 atom stereocenters. The van der Waals surface area contributed by atoms with Crippen molar-refractivity contribution >= 4 is 11.9 Å². The van der Waals surface area contributed by atoms with E-state index in [-0.39, 0.29) is 25.2 Å². The Labute approximate surface area is 134 Å². The van der Waals surface area contributed by atoms with Crippen molar-refractivity contribution in [3.8, 4) is 0 Å². The van der Waals surface area contributed by atoms with Crippen molar-refractivity contribution in [2.45, 2.75) is 77.6 Å². The maximum Gasteiger partial charge on any atom is 0.305 e. The van der Waals surface area contributed by atoms with E-state index in [1.165, 1.54) is 12.8 Å². The summed E-state index contributed by atoms with van der Waals surface area (Å²) in [5.41, 5.74) is 0. The predicted octanol–water partition coefficient (Wildman–Crippen LogP) is 3.38.